The van der Waals surface area contributed by atoms with Crippen LogP contribution < -0.4 is 0 Å². The Morgan fingerprint density at radius 1 is 1.36 bits per heavy atom. The zero-order chi connectivity index (χ0) is 8.32. The summed E-state index contributed by atoms with van der Waals surface area (Å²) in [5, 5.41) is 0. The number of nitrogens with zero attached hydrogens (tertiary/aromatic N) is 1. The number of alkyl halides is 2. The van der Waals surface area contributed by atoms with E-state index in [9.17, 15) is 8.78 Å². The SMILES string of the molecule is COC(F)(F)N1CCOCC1. The van der Waals surface area contributed by atoms with Gasteiger partial charge in [0, 0.05) is 20.2 Å². The monoisotopic (exact) mass is 167 g/mol. The van der Waals surface area contributed by atoms with Gasteiger partial charge in [0.2, 0.25) is 0 Å². The van der Waals surface area contributed by atoms with Crippen LogP contribution in [0, 0.1) is 0 Å². The fourth-order valence-corrected chi connectivity index (χ4v) is 0.953. The Labute approximate surface area is 63.9 Å². The van der Waals surface area contributed by atoms with E-state index in [-0.39, 0.29) is 13.1 Å². The van der Waals surface area contributed by atoms with Crippen LogP contribution in [0.25, 0.3) is 0 Å². The first kappa shape index (κ1) is 8.83. The average Bonchev–Trinajstić information content (AvgIpc) is 2.06. The second-order valence-electron chi connectivity index (χ2n) is 2.29. The Morgan fingerprint density at radius 3 is 2.36 bits per heavy atom. The molecule has 3 nitrogen and oxygen atoms in total. The summed E-state index contributed by atoms with van der Waals surface area (Å²) in [6.07, 6.45) is -3.14. The lowest BCUT2D eigenvalue weighted by Crippen LogP contribution is -2.49. The molecule has 0 radical (unpaired) electrons. The van der Waals surface area contributed by atoms with Crippen molar-refractivity contribution in [2.75, 3.05) is 33.4 Å². The third-order valence-corrected chi connectivity index (χ3v) is 1.62. The maximum atomic E-state index is 12.7. The van der Waals surface area contributed by atoms with Gasteiger partial charge in [0.05, 0.1) is 13.2 Å². The van der Waals surface area contributed by atoms with Crippen LogP contribution in [0.4, 0.5) is 8.78 Å². The second-order valence-corrected chi connectivity index (χ2v) is 2.29. The van der Waals surface area contributed by atoms with Crippen LogP contribution in [0.5, 0.6) is 0 Å². The fraction of sp³-hybridized carbons (Fsp3) is 1.00. The lowest BCUT2D eigenvalue weighted by molar-refractivity contribution is -0.323. The maximum absolute atomic E-state index is 12.7. The molecule has 0 atom stereocenters. The largest absolute Gasteiger partial charge is 0.424 e. The molecular weight excluding hydrogens is 156 g/mol. The van der Waals surface area contributed by atoms with Crippen LogP contribution in [-0.4, -0.2) is 44.5 Å². The molecule has 0 unspecified atom stereocenters. The van der Waals surface area contributed by atoms with Crippen molar-refractivity contribution in [2.45, 2.75) is 6.23 Å². The number of hydrogen-bond acceptors (Lipinski definition) is 3. The Hall–Kier alpha value is -0.260. The summed E-state index contributed by atoms with van der Waals surface area (Å²) in [7, 11) is 0.995. The molecule has 0 spiro atoms. The van der Waals surface area contributed by atoms with E-state index in [1.54, 1.807) is 0 Å². The van der Waals surface area contributed by atoms with Crippen LogP contribution in [0.2, 0.25) is 0 Å². The smallest absolute Gasteiger partial charge is 0.379 e. The van der Waals surface area contributed by atoms with Crippen LogP contribution in [0.3, 0.4) is 0 Å². The van der Waals surface area contributed by atoms with Crippen molar-refractivity contribution in [1.82, 2.24) is 4.90 Å². The molecule has 0 aromatic heterocycles. The van der Waals surface area contributed by atoms with Gasteiger partial charge in [-0.3, -0.25) is 0 Å². The highest BCUT2D eigenvalue weighted by Crippen LogP contribution is 2.20. The van der Waals surface area contributed by atoms with Crippen molar-refractivity contribution in [3.8, 4) is 0 Å². The average molecular weight is 167 g/mol. The van der Waals surface area contributed by atoms with Gasteiger partial charge in [-0.25, -0.2) is 4.90 Å². The van der Waals surface area contributed by atoms with Gasteiger partial charge in [-0.1, -0.05) is 0 Å². The van der Waals surface area contributed by atoms with Crippen molar-refractivity contribution in [3.63, 3.8) is 0 Å². The molecule has 0 N–H and O–H groups in total. The van der Waals surface area contributed by atoms with E-state index in [0.717, 1.165) is 12.0 Å². The van der Waals surface area contributed by atoms with E-state index in [4.69, 9.17) is 4.74 Å². The van der Waals surface area contributed by atoms with Crippen LogP contribution >= 0.6 is 0 Å². The minimum Gasteiger partial charge on any atom is -0.379 e. The van der Waals surface area contributed by atoms with Crippen molar-refractivity contribution < 1.29 is 18.3 Å². The summed E-state index contributed by atoms with van der Waals surface area (Å²) >= 11 is 0. The van der Waals surface area contributed by atoms with Gasteiger partial charge < -0.3 is 9.47 Å². The van der Waals surface area contributed by atoms with Gasteiger partial charge in [0.15, 0.2) is 0 Å². The summed E-state index contributed by atoms with van der Waals surface area (Å²) in [6.45, 7) is 1.14. The summed E-state index contributed by atoms with van der Waals surface area (Å²) in [5.74, 6) is 0. The van der Waals surface area contributed by atoms with E-state index in [2.05, 4.69) is 4.74 Å². The predicted octanol–water partition coefficient (Wildman–Crippen LogP) is 0.515. The van der Waals surface area contributed by atoms with E-state index in [1.165, 1.54) is 0 Å². The number of methoxy groups -OCH3 is 1. The molecule has 0 bridgehead atoms. The standard InChI is InChI=1S/C6H11F2NO2/c1-10-6(7,8)9-2-4-11-5-3-9/h2-5H2,1H3. The Kier molecular flexibility index (Phi) is 2.75. The highest BCUT2D eigenvalue weighted by atomic mass is 19.3. The van der Waals surface area contributed by atoms with Crippen LogP contribution in [0.1, 0.15) is 0 Å². The van der Waals surface area contributed by atoms with Crippen molar-refractivity contribution in [1.29, 1.82) is 0 Å². The maximum Gasteiger partial charge on any atom is 0.424 e. The molecule has 0 aliphatic carbocycles. The van der Waals surface area contributed by atoms with Crippen molar-refractivity contribution in [2.24, 2.45) is 0 Å². The van der Waals surface area contributed by atoms with Crippen LogP contribution in [-0.2, 0) is 9.47 Å². The third-order valence-electron chi connectivity index (χ3n) is 1.62. The lowest BCUT2D eigenvalue weighted by Gasteiger charge is -2.31. The number of hydrogen-bond donors (Lipinski definition) is 0. The highest BCUT2D eigenvalue weighted by molar-refractivity contribution is 4.64. The zero-order valence-electron chi connectivity index (χ0n) is 6.35. The molecule has 5 heteroatoms. The third kappa shape index (κ3) is 2.08. The van der Waals surface area contributed by atoms with E-state index >= 15 is 0 Å². The molecule has 1 aliphatic heterocycles. The van der Waals surface area contributed by atoms with E-state index in [0.29, 0.717) is 13.2 Å². The van der Waals surface area contributed by atoms with Gasteiger partial charge in [-0.2, -0.15) is 8.78 Å². The van der Waals surface area contributed by atoms with Crippen LogP contribution in [0.15, 0.2) is 0 Å². The highest BCUT2D eigenvalue weighted by Gasteiger charge is 2.37. The molecule has 0 aromatic rings. The van der Waals surface area contributed by atoms with Gasteiger partial charge in [-0.05, 0) is 0 Å². The predicted molar refractivity (Wildman–Crippen MR) is 34.3 cm³/mol. The zero-order valence-corrected chi connectivity index (χ0v) is 6.35. The van der Waals surface area contributed by atoms with Gasteiger partial charge in [0.1, 0.15) is 0 Å². The number of rotatable bonds is 2. The molecule has 66 valence electrons. The fourth-order valence-electron chi connectivity index (χ4n) is 0.953. The molecular formula is C6H11F2NO2. The Bertz CT molecular complexity index is 126. The molecule has 0 aromatic carbocycles. The van der Waals surface area contributed by atoms with Crippen molar-refractivity contribution in [3.05, 3.63) is 0 Å². The topological polar surface area (TPSA) is 21.7 Å². The number of ether oxygens (including phenoxy) is 2. The van der Waals surface area contributed by atoms with Crippen molar-refractivity contribution >= 4 is 0 Å². The molecule has 1 saturated heterocycles. The minimum atomic E-state index is -3.14. The summed E-state index contributed by atoms with van der Waals surface area (Å²) < 4.78 is 34.3. The number of morpholine rings is 1. The molecule has 1 aliphatic rings. The quantitative estimate of drug-likeness (QED) is 0.559. The molecule has 0 saturated carbocycles. The minimum absolute atomic E-state index is 0.223. The second kappa shape index (κ2) is 3.42. The number of halogens is 2. The summed E-state index contributed by atoms with van der Waals surface area (Å²) in [4.78, 5) is 0.955. The Morgan fingerprint density at radius 2 is 1.91 bits per heavy atom. The first-order valence-corrected chi connectivity index (χ1v) is 3.42. The molecule has 1 fully saturated rings. The summed E-state index contributed by atoms with van der Waals surface area (Å²) in [6, 6.07) is 0. The van der Waals surface area contributed by atoms with E-state index < -0.39 is 6.23 Å². The van der Waals surface area contributed by atoms with E-state index in [1.807, 2.05) is 0 Å². The van der Waals surface area contributed by atoms with Gasteiger partial charge >= 0.3 is 6.23 Å². The summed E-state index contributed by atoms with van der Waals surface area (Å²) in [5.41, 5.74) is 0. The van der Waals surface area contributed by atoms with Gasteiger partial charge in [0.25, 0.3) is 0 Å². The van der Waals surface area contributed by atoms with Gasteiger partial charge in [-0.15, -0.1) is 0 Å². The molecule has 1 rings (SSSR count). The Balaban J connectivity index is 2.43. The normalized spacial score (nSPS) is 22.1. The molecule has 0 amide bonds. The molecule has 1 heterocycles. The first-order valence-electron chi connectivity index (χ1n) is 3.42. The molecule has 11 heavy (non-hydrogen) atoms. The lowest BCUT2D eigenvalue weighted by atomic mass is 10.4. The first-order chi connectivity index (χ1) is 5.17.